The molecule has 0 bridgehead atoms. The number of hydrogen-bond acceptors (Lipinski definition) is 5. The summed E-state index contributed by atoms with van der Waals surface area (Å²) in [5.41, 5.74) is 0.574. The molecule has 7 heteroatoms. The molecule has 4 heterocycles. The van der Waals surface area contributed by atoms with Crippen LogP contribution in [0.15, 0.2) is 4.79 Å². The SMILES string of the molecule is Cc1nc2sc(C(=O)NC[C@@H]3CCCN4CCCC[C@H]34)c(C)c2c(=O)[nH]1. The van der Waals surface area contributed by atoms with Gasteiger partial charge in [0.05, 0.1) is 10.3 Å². The fourth-order valence-corrected chi connectivity index (χ4v) is 5.73. The Morgan fingerprint density at radius 1 is 1.27 bits per heavy atom. The number of hydrogen-bond donors (Lipinski definition) is 2. The molecule has 0 unspecified atom stereocenters. The maximum atomic E-state index is 12.8. The van der Waals surface area contributed by atoms with Crippen molar-refractivity contribution >= 4 is 27.5 Å². The number of piperidine rings is 2. The normalized spacial score (nSPS) is 23.8. The summed E-state index contributed by atoms with van der Waals surface area (Å²) in [6.07, 6.45) is 6.26. The van der Waals surface area contributed by atoms with Gasteiger partial charge in [-0.2, -0.15) is 0 Å². The van der Waals surface area contributed by atoms with Crippen LogP contribution in [0, 0.1) is 19.8 Å². The zero-order valence-corrected chi connectivity index (χ0v) is 16.2. The lowest BCUT2D eigenvalue weighted by Crippen LogP contribution is -2.50. The third kappa shape index (κ3) is 3.18. The van der Waals surface area contributed by atoms with Gasteiger partial charge in [-0.1, -0.05) is 6.42 Å². The second-order valence-corrected chi connectivity index (χ2v) is 8.60. The number of H-pyrrole nitrogens is 1. The van der Waals surface area contributed by atoms with Crippen LogP contribution in [-0.2, 0) is 0 Å². The van der Waals surface area contributed by atoms with E-state index in [0.29, 0.717) is 32.9 Å². The summed E-state index contributed by atoms with van der Waals surface area (Å²) in [7, 11) is 0. The van der Waals surface area contributed by atoms with Crippen molar-refractivity contribution in [1.82, 2.24) is 20.2 Å². The van der Waals surface area contributed by atoms with Crippen molar-refractivity contribution in [2.24, 2.45) is 5.92 Å². The Bertz CT molecular complexity index is 886. The standard InChI is InChI=1S/C19H26N4O2S/c1-11-15-17(24)21-12(2)22-19(15)26-16(11)18(25)20-10-13-6-5-9-23-8-4-3-7-14(13)23/h13-14H,3-10H2,1-2H3,(H,20,25)(H,21,22,24)/t13-,14+/m0/s1. The van der Waals surface area contributed by atoms with E-state index in [0.717, 1.165) is 12.1 Å². The molecule has 0 radical (unpaired) electrons. The van der Waals surface area contributed by atoms with Crippen LogP contribution in [0.4, 0.5) is 0 Å². The lowest BCUT2D eigenvalue weighted by molar-refractivity contribution is 0.0576. The van der Waals surface area contributed by atoms with Crippen molar-refractivity contribution in [2.75, 3.05) is 19.6 Å². The van der Waals surface area contributed by atoms with Crippen LogP contribution in [-0.4, -0.2) is 46.5 Å². The minimum absolute atomic E-state index is 0.0736. The molecule has 0 aromatic carbocycles. The fraction of sp³-hybridized carbons (Fsp3) is 0.632. The van der Waals surface area contributed by atoms with Crippen LogP contribution in [0.2, 0.25) is 0 Å². The summed E-state index contributed by atoms with van der Waals surface area (Å²) in [6, 6.07) is 0.619. The van der Waals surface area contributed by atoms with Gasteiger partial charge in [0, 0.05) is 12.6 Å². The van der Waals surface area contributed by atoms with Crippen LogP contribution < -0.4 is 10.9 Å². The van der Waals surface area contributed by atoms with Crippen molar-refractivity contribution < 1.29 is 4.79 Å². The first-order valence-corrected chi connectivity index (χ1v) is 10.4. The van der Waals surface area contributed by atoms with E-state index in [4.69, 9.17) is 0 Å². The summed E-state index contributed by atoms with van der Waals surface area (Å²) >= 11 is 1.32. The maximum absolute atomic E-state index is 12.8. The molecule has 2 aliphatic heterocycles. The molecule has 140 valence electrons. The van der Waals surface area contributed by atoms with Crippen LogP contribution >= 0.6 is 11.3 Å². The lowest BCUT2D eigenvalue weighted by atomic mass is 9.83. The highest BCUT2D eigenvalue weighted by Gasteiger charge is 2.33. The average Bonchev–Trinajstić information content (AvgIpc) is 2.96. The Kier molecular flexibility index (Phi) is 4.84. The first-order chi connectivity index (χ1) is 12.5. The molecule has 0 aliphatic carbocycles. The van der Waals surface area contributed by atoms with E-state index in [2.05, 4.69) is 20.2 Å². The van der Waals surface area contributed by atoms with E-state index in [1.807, 2.05) is 6.92 Å². The number of aryl methyl sites for hydroxylation is 2. The smallest absolute Gasteiger partial charge is 0.261 e. The Labute approximate surface area is 157 Å². The molecular formula is C19H26N4O2S. The van der Waals surface area contributed by atoms with E-state index in [-0.39, 0.29) is 11.5 Å². The Balaban J connectivity index is 1.50. The molecule has 2 aliphatic rings. The minimum atomic E-state index is -0.162. The van der Waals surface area contributed by atoms with Crippen LogP contribution in [0.25, 0.3) is 10.2 Å². The van der Waals surface area contributed by atoms with Crippen molar-refractivity contribution in [2.45, 2.75) is 52.0 Å². The number of nitrogens with zero attached hydrogens (tertiary/aromatic N) is 2. The summed E-state index contributed by atoms with van der Waals surface area (Å²) in [5.74, 6) is 1.04. The highest BCUT2D eigenvalue weighted by Crippen LogP contribution is 2.31. The second-order valence-electron chi connectivity index (χ2n) is 7.60. The number of nitrogens with one attached hydrogen (secondary N) is 2. The summed E-state index contributed by atoms with van der Waals surface area (Å²) in [6.45, 7) is 6.73. The third-order valence-electron chi connectivity index (χ3n) is 5.88. The Morgan fingerprint density at radius 3 is 2.92 bits per heavy atom. The number of amides is 1. The average molecular weight is 375 g/mol. The van der Waals surface area contributed by atoms with E-state index >= 15 is 0 Å². The number of fused-ring (bicyclic) bond motifs is 2. The van der Waals surface area contributed by atoms with Crippen LogP contribution in [0.3, 0.4) is 0 Å². The predicted molar refractivity (Wildman–Crippen MR) is 104 cm³/mol. The summed E-state index contributed by atoms with van der Waals surface area (Å²) in [4.78, 5) is 35.9. The molecule has 2 atom stereocenters. The predicted octanol–water partition coefficient (Wildman–Crippen LogP) is 2.60. The van der Waals surface area contributed by atoms with E-state index in [9.17, 15) is 9.59 Å². The van der Waals surface area contributed by atoms with Gasteiger partial charge in [0.25, 0.3) is 11.5 Å². The second kappa shape index (κ2) is 7.12. The first-order valence-electron chi connectivity index (χ1n) is 9.57. The number of rotatable bonds is 3. The molecule has 1 amide bonds. The molecular weight excluding hydrogens is 348 g/mol. The molecule has 0 spiro atoms. The number of aromatic amines is 1. The number of carbonyl (C=O) groups excluding carboxylic acids is 1. The topological polar surface area (TPSA) is 78.1 Å². The van der Waals surface area contributed by atoms with Gasteiger partial charge in [-0.05, 0) is 64.1 Å². The summed E-state index contributed by atoms with van der Waals surface area (Å²) in [5, 5.41) is 3.69. The number of aromatic nitrogens is 2. The zero-order valence-electron chi connectivity index (χ0n) is 15.4. The Morgan fingerprint density at radius 2 is 2.08 bits per heavy atom. The monoisotopic (exact) mass is 374 g/mol. The van der Waals surface area contributed by atoms with Gasteiger partial charge in [-0.25, -0.2) is 4.98 Å². The van der Waals surface area contributed by atoms with Gasteiger partial charge in [-0.15, -0.1) is 11.3 Å². The summed E-state index contributed by atoms with van der Waals surface area (Å²) < 4.78 is 0. The molecule has 2 saturated heterocycles. The van der Waals surface area contributed by atoms with Crippen LogP contribution in [0.5, 0.6) is 0 Å². The van der Waals surface area contributed by atoms with Crippen molar-refractivity contribution in [3.63, 3.8) is 0 Å². The molecule has 6 nitrogen and oxygen atoms in total. The van der Waals surface area contributed by atoms with Gasteiger partial charge in [-0.3, -0.25) is 9.59 Å². The molecule has 0 saturated carbocycles. The van der Waals surface area contributed by atoms with Crippen molar-refractivity contribution in [1.29, 1.82) is 0 Å². The quantitative estimate of drug-likeness (QED) is 0.866. The first kappa shape index (κ1) is 17.7. The van der Waals surface area contributed by atoms with E-state index in [1.165, 1.54) is 56.5 Å². The van der Waals surface area contributed by atoms with E-state index in [1.54, 1.807) is 6.92 Å². The van der Waals surface area contributed by atoms with Crippen LogP contribution in [0.1, 0.15) is 53.2 Å². The number of carbonyl (C=O) groups is 1. The van der Waals surface area contributed by atoms with Gasteiger partial charge < -0.3 is 15.2 Å². The molecule has 26 heavy (non-hydrogen) atoms. The van der Waals surface area contributed by atoms with Gasteiger partial charge in [0.1, 0.15) is 10.7 Å². The zero-order chi connectivity index (χ0) is 18.3. The van der Waals surface area contributed by atoms with Gasteiger partial charge >= 0.3 is 0 Å². The molecule has 2 aromatic heterocycles. The molecule has 4 rings (SSSR count). The van der Waals surface area contributed by atoms with Gasteiger partial charge in [0.15, 0.2) is 0 Å². The maximum Gasteiger partial charge on any atom is 0.261 e. The van der Waals surface area contributed by atoms with Crippen molar-refractivity contribution in [3.05, 3.63) is 26.6 Å². The number of thiophene rings is 1. The molecule has 2 N–H and O–H groups in total. The fourth-order valence-electron chi connectivity index (χ4n) is 4.59. The molecule has 2 fully saturated rings. The highest BCUT2D eigenvalue weighted by molar-refractivity contribution is 7.20. The largest absolute Gasteiger partial charge is 0.351 e. The van der Waals surface area contributed by atoms with Gasteiger partial charge in [0.2, 0.25) is 0 Å². The minimum Gasteiger partial charge on any atom is -0.351 e. The molecule has 2 aromatic rings. The Hall–Kier alpha value is -1.73. The third-order valence-corrected chi connectivity index (χ3v) is 7.06. The highest BCUT2D eigenvalue weighted by atomic mass is 32.1. The van der Waals surface area contributed by atoms with Crippen molar-refractivity contribution in [3.8, 4) is 0 Å². The van der Waals surface area contributed by atoms with E-state index < -0.39 is 0 Å². The lowest BCUT2D eigenvalue weighted by Gasteiger charge is -2.44.